The van der Waals surface area contributed by atoms with Crippen molar-refractivity contribution in [3.8, 4) is 0 Å². The molecule has 0 aliphatic carbocycles. The Kier molecular flexibility index (Phi) is 9.80. The van der Waals surface area contributed by atoms with Crippen molar-refractivity contribution < 1.29 is 4.79 Å². The third-order valence-corrected chi connectivity index (χ3v) is 5.16. The van der Waals surface area contributed by atoms with Crippen LogP contribution in [0.5, 0.6) is 0 Å². The maximum absolute atomic E-state index is 12.1. The number of anilines is 1. The predicted octanol–water partition coefficient (Wildman–Crippen LogP) is 3.99. The van der Waals surface area contributed by atoms with Crippen molar-refractivity contribution >= 4 is 36.4 Å². The highest BCUT2D eigenvalue weighted by Crippen LogP contribution is 2.20. The molecule has 2 fully saturated rings. The quantitative estimate of drug-likeness (QED) is 0.802. The number of hydrogen-bond donors (Lipinski definition) is 2. The number of carbonyl (C=O) groups excluding carboxylic acids is 1. The summed E-state index contributed by atoms with van der Waals surface area (Å²) in [5, 5.41) is 6.38. The van der Waals surface area contributed by atoms with E-state index in [1.165, 1.54) is 37.8 Å². The molecule has 6 heteroatoms. The second-order valence-corrected chi connectivity index (χ2v) is 7.06. The first-order chi connectivity index (χ1) is 11.2. The zero-order chi connectivity index (χ0) is 16.1. The summed E-state index contributed by atoms with van der Waals surface area (Å²) in [6.07, 6.45) is 6.85. The summed E-state index contributed by atoms with van der Waals surface area (Å²) in [4.78, 5) is 14.6. The van der Waals surface area contributed by atoms with E-state index >= 15 is 0 Å². The Hall–Kier alpha value is -0.810. The lowest BCUT2D eigenvalue weighted by Gasteiger charge is -2.33. The van der Waals surface area contributed by atoms with Crippen molar-refractivity contribution in [2.45, 2.75) is 64.1 Å². The molecular weight excluding hydrogens is 357 g/mol. The topological polar surface area (TPSA) is 44.4 Å². The summed E-state index contributed by atoms with van der Waals surface area (Å²) in [7, 11) is 0. The number of amides is 1. The largest absolute Gasteiger partial charge is 0.326 e. The van der Waals surface area contributed by atoms with Crippen molar-refractivity contribution in [1.82, 2.24) is 10.2 Å². The number of nitrogens with one attached hydrogen (secondary N) is 2. The van der Waals surface area contributed by atoms with Crippen LogP contribution in [0.4, 0.5) is 5.69 Å². The number of hydrogen-bond acceptors (Lipinski definition) is 3. The van der Waals surface area contributed by atoms with Gasteiger partial charge in [-0.3, -0.25) is 9.69 Å². The summed E-state index contributed by atoms with van der Waals surface area (Å²) >= 11 is 0. The van der Waals surface area contributed by atoms with Crippen LogP contribution in [0.2, 0.25) is 0 Å². The Balaban J connectivity index is 0.00000156. The fourth-order valence-electron chi connectivity index (χ4n) is 3.69. The molecule has 2 heterocycles. The normalized spacial score (nSPS) is 23.4. The fraction of sp³-hybridized carbons (Fsp3) is 0.632. The molecule has 0 spiro atoms. The van der Waals surface area contributed by atoms with E-state index in [-0.39, 0.29) is 30.7 Å². The molecule has 0 aromatic heterocycles. The van der Waals surface area contributed by atoms with Gasteiger partial charge >= 0.3 is 0 Å². The zero-order valence-corrected chi connectivity index (χ0v) is 16.6. The van der Waals surface area contributed by atoms with Gasteiger partial charge in [0.25, 0.3) is 0 Å². The number of benzene rings is 1. The third kappa shape index (κ3) is 6.78. The lowest BCUT2D eigenvalue weighted by molar-refractivity contribution is -0.116. The van der Waals surface area contributed by atoms with E-state index in [2.05, 4.69) is 34.6 Å². The van der Waals surface area contributed by atoms with E-state index in [4.69, 9.17) is 0 Å². The Morgan fingerprint density at radius 3 is 2.56 bits per heavy atom. The average Bonchev–Trinajstić information content (AvgIpc) is 3.04. The SMILES string of the molecule is CC1CCCCN1Cc1ccc(NC(=O)CC2CCCN2)cc1.Cl.Cl. The molecule has 0 saturated carbocycles. The van der Waals surface area contributed by atoms with Gasteiger partial charge in [-0.15, -0.1) is 24.8 Å². The third-order valence-electron chi connectivity index (χ3n) is 5.16. The molecule has 2 unspecified atom stereocenters. The second kappa shape index (κ2) is 11.0. The van der Waals surface area contributed by atoms with Gasteiger partial charge in [-0.25, -0.2) is 0 Å². The lowest BCUT2D eigenvalue weighted by atomic mass is 10.0. The van der Waals surface area contributed by atoms with Crippen molar-refractivity contribution in [2.24, 2.45) is 0 Å². The highest BCUT2D eigenvalue weighted by Gasteiger charge is 2.19. The first-order valence-corrected chi connectivity index (χ1v) is 9.07. The van der Waals surface area contributed by atoms with Crippen molar-refractivity contribution in [3.63, 3.8) is 0 Å². The monoisotopic (exact) mass is 387 g/mol. The number of rotatable bonds is 5. The van der Waals surface area contributed by atoms with Gasteiger partial charge in [0.1, 0.15) is 0 Å². The Bertz CT molecular complexity index is 518. The van der Waals surface area contributed by atoms with E-state index in [0.717, 1.165) is 25.2 Å². The molecule has 1 amide bonds. The van der Waals surface area contributed by atoms with Crippen LogP contribution < -0.4 is 10.6 Å². The summed E-state index contributed by atoms with van der Waals surface area (Å²) in [6, 6.07) is 9.39. The van der Waals surface area contributed by atoms with Crippen LogP contribution in [0.15, 0.2) is 24.3 Å². The van der Waals surface area contributed by atoms with Gasteiger partial charge in [-0.05, 0) is 63.4 Å². The molecule has 25 heavy (non-hydrogen) atoms. The van der Waals surface area contributed by atoms with E-state index in [1.54, 1.807) is 0 Å². The molecule has 1 aromatic carbocycles. The van der Waals surface area contributed by atoms with Crippen LogP contribution in [0.3, 0.4) is 0 Å². The zero-order valence-electron chi connectivity index (χ0n) is 15.0. The van der Waals surface area contributed by atoms with Gasteiger partial charge in [0.15, 0.2) is 0 Å². The highest BCUT2D eigenvalue weighted by atomic mass is 35.5. The molecule has 4 nitrogen and oxygen atoms in total. The van der Waals surface area contributed by atoms with Gasteiger partial charge in [-0.2, -0.15) is 0 Å². The van der Waals surface area contributed by atoms with Gasteiger partial charge in [0.2, 0.25) is 5.91 Å². The number of piperidine rings is 1. The van der Waals surface area contributed by atoms with Crippen molar-refractivity contribution in [3.05, 3.63) is 29.8 Å². The number of nitrogens with zero attached hydrogens (tertiary/aromatic N) is 1. The minimum Gasteiger partial charge on any atom is -0.326 e. The molecule has 2 N–H and O–H groups in total. The molecule has 2 saturated heterocycles. The van der Waals surface area contributed by atoms with Crippen LogP contribution >= 0.6 is 24.8 Å². The Labute approximate surface area is 163 Å². The molecule has 2 aliphatic rings. The molecule has 142 valence electrons. The van der Waals surface area contributed by atoms with E-state index in [9.17, 15) is 4.79 Å². The molecule has 2 aliphatic heterocycles. The molecular formula is C19H31Cl2N3O. The smallest absolute Gasteiger partial charge is 0.225 e. The molecule has 3 rings (SSSR count). The fourth-order valence-corrected chi connectivity index (χ4v) is 3.69. The van der Waals surface area contributed by atoms with Gasteiger partial charge in [0, 0.05) is 30.7 Å². The van der Waals surface area contributed by atoms with E-state index in [1.807, 2.05) is 12.1 Å². The minimum atomic E-state index is 0. The number of carbonyl (C=O) groups is 1. The van der Waals surface area contributed by atoms with E-state index < -0.39 is 0 Å². The van der Waals surface area contributed by atoms with Crippen LogP contribution in [-0.4, -0.2) is 36.0 Å². The summed E-state index contributed by atoms with van der Waals surface area (Å²) in [6.45, 7) is 5.59. The summed E-state index contributed by atoms with van der Waals surface area (Å²) in [5.41, 5.74) is 2.23. The van der Waals surface area contributed by atoms with Crippen LogP contribution in [0, 0.1) is 0 Å². The molecule has 2 atom stereocenters. The van der Waals surface area contributed by atoms with Crippen LogP contribution in [0.25, 0.3) is 0 Å². The van der Waals surface area contributed by atoms with Gasteiger partial charge in [0.05, 0.1) is 0 Å². The van der Waals surface area contributed by atoms with Crippen molar-refractivity contribution in [1.29, 1.82) is 0 Å². The standard InChI is InChI=1S/C19H29N3O.2ClH/c1-15-5-2-3-12-22(15)14-16-7-9-17(10-8-16)21-19(23)13-18-6-4-11-20-18;;/h7-10,15,18,20H,2-6,11-14H2,1H3,(H,21,23);2*1H. The number of halogens is 2. The predicted molar refractivity (Wildman–Crippen MR) is 109 cm³/mol. The number of likely N-dealkylation sites (tertiary alicyclic amines) is 1. The Morgan fingerprint density at radius 1 is 1.16 bits per heavy atom. The van der Waals surface area contributed by atoms with E-state index in [0.29, 0.717) is 18.5 Å². The molecule has 0 bridgehead atoms. The highest BCUT2D eigenvalue weighted by molar-refractivity contribution is 5.91. The summed E-state index contributed by atoms with van der Waals surface area (Å²) < 4.78 is 0. The minimum absolute atomic E-state index is 0. The Morgan fingerprint density at radius 2 is 1.92 bits per heavy atom. The first-order valence-electron chi connectivity index (χ1n) is 9.07. The van der Waals surface area contributed by atoms with Crippen LogP contribution in [-0.2, 0) is 11.3 Å². The maximum atomic E-state index is 12.1. The van der Waals surface area contributed by atoms with Crippen molar-refractivity contribution in [2.75, 3.05) is 18.4 Å². The van der Waals surface area contributed by atoms with Gasteiger partial charge < -0.3 is 10.6 Å². The van der Waals surface area contributed by atoms with Gasteiger partial charge in [-0.1, -0.05) is 18.6 Å². The first kappa shape index (κ1) is 22.2. The lowest BCUT2D eigenvalue weighted by Crippen LogP contribution is -2.36. The average molecular weight is 388 g/mol. The molecule has 1 aromatic rings. The molecule has 0 radical (unpaired) electrons. The maximum Gasteiger partial charge on any atom is 0.225 e. The second-order valence-electron chi connectivity index (χ2n) is 7.06. The van der Waals surface area contributed by atoms with Crippen LogP contribution in [0.1, 0.15) is 51.0 Å². The summed E-state index contributed by atoms with van der Waals surface area (Å²) in [5.74, 6) is 0.113.